The molecule has 90 valence electrons. The first-order chi connectivity index (χ1) is 7.29. The minimum absolute atomic E-state index is 0.522. The predicted molar refractivity (Wildman–Crippen MR) is 45.3 cm³/mol. The normalized spacial score (nSPS) is 25.8. The largest absolute Gasteiger partial charge is 0.497 e. The van der Waals surface area contributed by atoms with Crippen LogP contribution in [0.4, 0.5) is 17.6 Å². The van der Waals surface area contributed by atoms with Gasteiger partial charge < -0.3 is 9.84 Å². The Morgan fingerprint density at radius 3 is 2.44 bits per heavy atom. The van der Waals surface area contributed by atoms with E-state index in [0.29, 0.717) is 12.2 Å². The maximum absolute atomic E-state index is 13.4. The second-order valence-corrected chi connectivity index (χ2v) is 3.10. The lowest BCUT2D eigenvalue weighted by atomic mass is 9.93. The number of carboxylic acid groups (broad SMARTS) is 1. The maximum Gasteiger partial charge on any atom is 0.419 e. The Kier molecular flexibility index (Phi) is 3.25. The Hall–Kier alpha value is -1.53. The molecule has 0 radical (unpaired) electrons. The number of alkyl halides is 4. The fourth-order valence-electron chi connectivity index (χ4n) is 1.36. The molecule has 0 bridgehead atoms. The van der Waals surface area contributed by atoms with E-state index in [2.05, 4.69) is 4.74 Å². The number of allylic oxidation sites excluding steroid dienone is 3. The van der Waals surface area contributed by atoms with Crippen molar-refractivity contribution in [2.75, 3.05) is 7.11 Å². The van der Waals surface area contributed by atoms with Crippen LogP contribution < -0.4 is 0 Å². The second kappa shape index (κ2) is 4.15. The Morgan fingerprint density at radius 1 is 1.50 bits per heavy atom. The molecule has 0 spiro atoms. The maximum atomic E-state index is 13.4. The van der Waals surface area contributed by atoms with Crippen LogP contribution in [-0.2, 0) is 9.53 Å². The minimum atomic E-state index is -4.77. The van der Waals surface area contributed by atoms with Crippen molar-refractivity contribution in [3.8, 4) is 0 Å². The van der Waals surface area contributed by atoms with Crippen molar-refractivity contribution < 1.29 is 32.2 Å². The average molecular weight is 240 g/mol. The lowest BCUT2D eigenvalue weighted by Crippen LogP contribution is -2.31. The van der Waals surface area contributed by atoms with Crippen LogP contribution in [-0.4, -0.2) is 30.5 Å². The molecule has 1 N–H and O–H groups in total. The summed E-state index contributed by atoms with van der Waals surface area (Å²) in [5.41, 5.74) is -1.29. The number of methoxy groups -OCH3 is 1. The van der Waals surface area contributed by atoms with E-state index in [1.165, 1.54) is 0 Å². The first-order valence-corrected chi connectivity index (χ1v) is 4.19. The molecule has 1 aliphatic carbocycles. The molecular formula is C9H8F4O3. The van der Waals surface area contributed by atoms with Crippen LogP contribution in [0.25, 0.3) is 0 Å². The van der Waals surface area contributed by atoms with E-state index in [9.17, 15) is 22.4 Å². The van der Waals surface area contributed by atoms with Crippen molar-refractivity contribution in [1.82, 2.24) is 0 Å². The minimum Gasteiger partial charge on any atom is -0.497 e. The molecule has 1 rings (SSSR count). The molecule has 16 heavy (non-hydrogen) atoms. The number of aliphatic carboxylic acids is 1. The van der Waals surface area contributed by atoms with Crippen molar-refractivity contribution in [3.05, 3.63) is 23.5 Å². The van der Waals surface area contributed by atoms with Gasteiger partial charge in [-0.2, -0.15) is 13.2 Å². The lowest BCUT2D eigenvalue weighted by Gasteiger charge is -2.23. The molecule has 7 heteroatoms. The van der Waals surface area contributed by atoms with Crippen LogP contribution in [0.5, 0.6) is 0 Å². The second-order valence-electron chi connectivity index (χ2n) is 3.10. The van der Waals surface area contributed by atoms with E-state index in [4.69, 9.17) is 5.11 Å². The van der Waals surface area contributed by atoms with Gasteiger partial charge in [0.05, 0.1) is 12.7 Å². The third kappa shape index (κ3) is 2.17. The predicted octanol–water partition coefficient (Wildman–Crippen LogP) is 2.06. The van der Waals surface area contributed by atoms with E-state index in [1.807, 2.05) is 0 Å². The van der Waals surface area contributed by atoms with E-state index >= 15 is 0 Å². The molecule has 0 aromatic heterocycles. The van der Waals surface area contributed by atoms with Crippen molar-refractivity contribution in [3.63, 3.8) is 0 Å². The summed E-state index contributed by atoms with van der Waals surface area (Å²) in [6, 6.07) is 0. The third-order valence-electron chi connectivity index (χ3n) is 2.11. The lowest BCUT2D eigenvalue weighted by molar-refractivity contribution is -0.142. The standard InChI is InChI=1S/C9H8F4O3/c1-16-7-5(9(11,12)13)3-2-4(6(7)10)8(14)15/h2-4,6H,1H3,(H,14,15). The first-order valence-electron chi connectivity index (χ1n) is 4.19. The topological polar surface area (TPSA) is 46.5 Å². The number of ether oxygens (including phenoxy) is 1. The highest BCUT2D eigenvalue weighted by molar-refractivity contribution is 5.74. The highest BCUT2D eigenvalue weighted by Gasteiger charge is 2.43. The molecule has 2 unspecified atom stereocenters. The molecule has 0 saturated carbocycles. The summed E-state index contributed by atoms with van der Waals surface area (Å²) < 4.78 is 54.9. The van der Waals surface area contributed by atoms with Crippen LogP contribution in [0.2, 0.25) is 0 Å². The molecule has 0 saturated heterocycles. The van der Waals surface area contributed by atoms with Gasteiger partial charge in [-0.05, 0) is 6.08 Å². The van der Waals surface area contributed by atoms with Crippen LogP contribution in [0, 0.1) is 5.92 Å². The summed E-state index contributed by atoms with van der Waals surface area (Å²) in [4.78, 5) is 10.5. The Bertz CT molecular complexity index is 356. The van der Waals surface area contributed by atoms with E-state index in [1.54, 1.807) is 0 Å². The Morgan fingerprint density at radius 2 is 2.06 bits per heavy atom. The van der Waals surface area contributed by atoms with Gasteiger partial charge in [0.1, 0.15) is 11.7 Å². The summed E-state index contributed by atoms with van der Waals surface area (Å²) >= 11 is 0. The van der Waals surface area contributed by atoms with E-state index < -0.39 is 35.6 Å². The molecule has 0 amide bonds. The Balaban J connectivity index is 3.16. The fourth-order valence-corrected chi connectivity index (χ4v) is 1.36. The van der Waals surface area contributed by atoms with E-state index in [-0.39, 0.29) is 0 Å². The van der Waals surface area contributed by atoms with Crippen LogP contribution in [0.3, 0.4) is 0 Å². The third-order valence-corrected chi connectivity index (χ3v) is 2.11. The van der Waals surface area contributed by atoms with Gasteiger partial charge in [0.15, 0.2) is 6.17 Å². The molecular weight excluding hydrogens is 232 g/mol. The molecule has 0 fully saturated rings. The summed E-state index contributed by atoms with van der Waals surface area (Å²) in [7, 11) is 0.867. The van der Waals surface area contributed by atoms with Crippen molar-refractivity contribution >= 4 is 5.97 Å². The number of halogens is 4. The smallest absolute Gasteiger partial charge is 0.419 e. The molecule has 3 nitrogen and oxygen atoms in total. The average Bonchev–Trinajstić information content (AvgIpc) is 2.15. The number of rotatable bonds is 2. The highest BCUT2D eigenvalue weighted by Crippen LogP contribution is 2.36. The van der Waals surface area contributed by atoms with Gasteiger partial charge in [-0.25, -0.2) is 4.39 Å². The van der Waals surface area contributed by atoms with Gasteiger partial charge >= 0.3 is 12.1 Å². The van der Waals surface area contributed by atoms with Crippen molar-refractivity contribution in [1.29, 1.82) is 0 Å². The van der Waals surface area contributed by atoms with Gasteiger partial charge in [-0.15, -0.1) is 0 Å². The molecule has 2 atom stereocenters. The van der Waals surface area contributed by atoms with Gasteiger partial charge in [-0.3, -0.25) is 4.79 Å². The van der Waals surface area contributed by atoms with Crippen LogP contribution in [0.1, 0.15) is 0 Å². The summed E-state index contributed by atoms with van der Waals surface area (Å²) in [5.74, 6) is -4.19. The summed E-state index contributed by atoms with van der Waals surface area (Å²) in [6.45, 7) is 0. The molecule has 0 aliphatic heterocycles. The molecule has 1 aliphatic rings. The van der Waals surface area contributed by atoms with E-state index in [0.717, 1.165) is 7.11 Å². The summed E-state index contributed by atoms with van der Waals surface area (Å²) in [5, 5.41) is 8.56. The monoisotopic (exact) mass is 240 g/mol. The van der Waals surface area contributed by atoms with Crippen LogP contribution in [0.15, 0.2) is 23.5 Å². The van der Waals surface area contributed by atoms with Gasteiger partial charge in [-0.1, -0.05) is 6.08 Å². The number of hydrogen-bond acceptors (Lipinski definition) is 2. The summed E-state index contributed by atoms with van der Waals surface area (Å²) in [6.07, 6.45) is -5.91. The fraction of sp³-hybridized carbons (Fsp3) is 0.444. The molecule has 0 aromatic carbocycles. The van der Waals surface area contributed by atoms with Gasteiger partial charge in [0.25, 0.3) is 0 Å². The SMILES string of the molecule is COC1=C(C(F)(F)F)C=CC(C(=O)O)C1F. The highest BCUT2D eigenvalue weighted by atomic mass is 19.4. The molecule has 0 heterocycles. The van der Waals surface area contributed by atoms with Crippen molar-refractivity contribution in [2.24, 2.45) is 5.92 Å². The van der Waals surface area contributed by atoms with Crippen LogP contribution >= 0.6 is 0 Å². The quantitative estimate of drug-likeness (QED) is 0.751. The first kappa shape index (κ1) is 12.5. The number of hydrogen-bond donors (Lipinski definition) is 1. The zero-order chi connectivity index (χ0) is 12.5. The zero-order valence-electron chi connectivity index (χ0n) is 8.08. The van der Waals surface area contributed by atoms with Gasteiger partial charge in [0, 0.05) is 0 Å². The number of carboxylic acids is 1. The van der Waals surface area contributed by atoms with Crippen molar-refractivity contribution in [2.45, 2.75) is 12.3 Å². The zero-order valence-corrected chi connectivity index (χ0v) is 8.08. The van der Waals surface area contributed by atoms with Gasteiger partial charge in [0.2, 0.25) is 0 Å². The molecule has 0 aromatic rings. The number of carbonyl (C=O) groups is 1. The Labute approximate surface area is 88.0 Å².